The van der Waals surface area contributed by atoms with Gasteiger partial charge in [0.1, 0.15) is 0 Å². The zero-order valence-corrected chi connectivity index (χ0v) is 9.64. The molecule has 1 aromatic rings. The Bertz CT molecular complexity index is 288. The Morgan fingerprint density at radius 3 is 2.92 bits per heavy atom. The van der Waals surface area contributed by atoms with Gasteiger partial charge in [-0.05, 0) is 22.6 Å². The molecular formula is C6H8IN3OS. The van der Waals surface area contributed by atoms with Crippen LogP contribution in [0.2, 0.25) is 0 Å². The molecule has 0 aliphatic rings. The summed E-state index contributed by atoms with van der Waals surface area (Å²) < 4.78 is 1.07. The lowest BCUT2D eigenvalue weighted by molar-refractivity contribution is 0.249. The van der Waals surface area contributed by atoms with E-state index < -0.39 is 0 Å². The van der Waals surface area contributed by atoms with E-state index in [1.165, 1.54) is 16.2 Å². The number of thiazole rings is 1. The topological polar surface area (TPSA) is 45.2 Å². The Labute approximate surface area is 88.1 Å². The van der Waals surface area contributed by atoms with Crippen LogP contribution in [0.3, 0.4) is 0 Å². The summed E-state index contributed by atoms with van der Waals surface area (Å²) in [6.07, 6.45) is 1.74. The molecule has 0 aliphatic heterocycles. The van der Waals surface area contributed by atoms with Crippen molar-refractivity contribution in [2.45, 2.75) is 0 Å². The van der Waals surface area contributed by atoms with Gasteiger partial charge >= 0.3 is 6.03 Å². The van der Waals surface area contributed by atoms with Crippen LogP contribution in [0.25, 0.3) is 0 Å². The number of rotatable bonds is 1. The molecule has 2 amide bonds. The normalized spacial score (nSPS) is 9.58. The van der Waals surface area contributed by atoms with E-state index in [0.717, 1.165) is 2.88 Å². The van der Waals surface area contributed by atoms with Crippen molar-refractivity contribution in [3.63, 3.8) is 0 Å². The largest absolute Gasteiger partial charge is 0.341 e. The summed E-state index contributed by atoms with van der Waals surface area (Å²) in [6, 6.07) is -0.152. The average molecular weight is 297 g/mol. The fourth-order valence-corrected chi connectivity index (χ4v) is 1.99. The minimum Gasteiger partial charge on any atom is -0.341 e. The van der Waals surface area contributed by atoms with Gasteiger partial charge in [0, 0.05) is 14.1 Å². The number of aromatic nitrogens is 1. The van der Waals surface area contributed by atoms with Gasteiger partial charge in [-0.25, -0.2) is 9.78 Å². The van der Waals surface area contributed by atoms with Crippen molar-refractivity contribution in [3.8, 4) is 0 Å². The molecule has 4 nitrogen and oxygen atoms in total. The van der Waals surface area contributed by atoms with Gasteiger partial charge in [0.15, 0.2) is 5.13 Å². The molecule has 0 saturated carbocycles. The molecule has 12 heavy (non-hydrogen) atoms. The second-order valence-electron chi connectivity index (χ2n) is 2.06. The molecule has 1 heterocycles. The third-order valence-electron chi connectivity index (χ3n) is 1.27. The van der Waals surface area contributed by atoms with E-state index in [2.05, 4.69) is 32.9 Å². The molecule has 0 aromatic carbocycles. The summed E-state index contributed by atoms with van der Waals surface area (Å²) in [7, 11) is 3.28. The standard InChI is InChI=1S/C6H8IN3OS/c1-8-5(11)10(2)6-9-3-4(7)12-6/h3H,1-2H3,(H,8,11). The Hall–Kier alpha value is -0.370. The highest BCUT2D eigenvalue weighted by Crippen LogP contribution is 2.22. The molecule has 0 unspecified atom stereocenters. The summed E-state index contributed by atoms with van der Waals surface area (Å²) >= 11 is 3.65. The average Bonchev–Trinajstić information content (AvgIpc) is 2.49. The molecular weight excluding hydrogens is 289 g/mol. The molecule has 0 spiro atoms. The number of nitrogens with one attached hydrogen (secondary N) is 1. The fourth-order valence-electron chi connectivity index (χ4n) is 0.656. The molecule has 1 rings (SSSR count). The first-order chi connectivity index (χ1) is 5.65. The molecule has 1 N–H and O–H groups in total. The number of nitrogens with zero attached hydrogens (tertiary/aromatic N) is 2. The highest BCUT2D eigenvalue weighted by atomic mass is 127. The van der Waals surface area contributed by atoms with E-state index >= 15 is 0 Å². The van der Waals surface area contributed by atoms with Crippen molar-refractivity contribution >= 4 is 45.1 Å². The number of halogens is 1. The maximum Gasteiger partial charge on any atom is 0.323 e. The van der Waals surface area contributed by atoms with Crippen molar-refractivity contribution in [2.24, 2.45) is 0 Å². The Kier molecular flexibility index (Phi) is 3.27. The van der Waals surface area contributed by atoms with Crippen LogP contribution in [0.4, 0.5) is 9.93 Å². The minimum atomic E-state index is -0.152. The maximum atomic E-state index is 11.1. The maximum absolute atomic E-state index is 11.1. The summed E-state index contributed by atoms with van der Waals surface area (Å²) in [6.45, 7) is 0. The van der Waals surface area contributed by atoms with Gasteiger partial charge in [-0.15, -0.1) is 0 Å². The molecule has 0 radical (unpaired) electrons. The fraction of sp³-hybridized carbons (Fsp3) is 0.333. The summed E-state index contributed by atoms with van der Waals surface area (Å²) in [5, 5.41) is 3.23. The van der Waals surface area contributed by atoms with Crippen molar-refractivity contribution in [3.05, 3.63) is 9.08 Å². The van der Waals surface area contributed by atoms with Crippen LogP contribution in [0, 0.1) is 2.88 Å². The van der Waals surface area contributed by atoms with Crippen LogP contribution < -0.4 is 10.2 Å². The molecule has 66 valence electrons. The Balaban J connectivity index is 2.77. The van der Waals surface area contributed by atoms with E-state index in [9.17, 15) is 4.79 Å². The SMILES string of the molecule is CNC(=O)N(C)c1ncc(I)s1. The first kappa shape index (κ1) is 9.72. The highest BCUT2D eigenvalue weighted by molar-refractivity contribution is 14.1. The second-order valence-corrected chi connectivity index (χ2v) is 4.96. The third kappa shape index (κ3) is 2.07. The van der Waals surface area contributed by atoms with Crippen LogP contribution in [-0.2, 0) is 0 Å². The highest BCUT2D eigenvalue weighted by Gasteiger charge is 2.11. The van der Waals surface area contributed by atoms with Gasteiger partial charge in [-0.1, -0.05) is 11.3 Å². The monoisotopic (exact) mass is 297 g/mol. The number of hydrogen-bond acceptors (Lipinski definition) is 3. The Morgan fingerprint density at radius 1 is 1.83 bits per heavy atom. The van der Waals surface area contributed by atoms with E-state index in [1.54, 1.807) is 20.3 Å². The zero-order valence-electron chi connectivity index (χ0n) is 6.67. The lowest BCUT2D eigenvalue weighted by atomic mass is 10.8. The molecule has 1 aromatic heterocycles. The van der Waals surface area contributed by atoms with Crippen molar-refractivity contribution in [1.29, 1.82) is 0 Å². The van der Waals surface area contributed by atoms with Gasteiger partial charge < -0.3 is 5.32 Å². The van der Waals surface area contributed by atoms with E-state index in [-0.39, 0.29) is 6.03 Å². The van der Waals surface area contributed by atoms with Crippen molar-refractivity contribution < 1.29 is 4.79 Å². The van der Waals surface area contributed by atoms with Crippen LogP contribution in [0.15, 0.2) is 6.20 Å². The number of anilines is 1. The van der Waals surface area contributed by atoms with Crippen LogP contribution >= 0.6 is 33.9 Å². The van der Waals surface area contributed by atoms with Crippen LogP contribution in [0.1, 0.15) is 0 Å². The van der Waals surface area contributed by atoms with Crippen LogP contribution in [0.5, 0.6) is 0 Å². The lowest BCUT2D eigenvalue weighted by Gasteiger charge is -2.11. The van der Waals surface area contributed by atoms with E-state index in [0.29, 0.717) is 5.13 Å². The number of urea groups is 1. The number of hydrogen-bond donors (Lipinski definition) is 1. The molecule has 0 atom stereocenters. The van der Waals surface area contributed by atoms with Gasteiger partial charge in [0.25, 0.3) is 0 Å². The van der Waals surface area contributed by atoms with Gasteiger partial charge in [-0.2, -0.15) is 0 Å². The predicted octanol–water partition coefficient (Wildman–Crippen LogP) is 1.52. The summed E-state index contributed by atoms with van der Waals surface area (Å²) in [5.74, 6) is 0. The molecule has 0 aliphatic carbocycles. The van der Waals surface area contributed by atoms with Crippen LogP contribution in [-0.4, -0.2) is 25.1 Å². The first-order valence-corrected chi connectivity index (χ1v) is 5.11. The first-order valence-electron chi connectivity index (χ1n) is 3.22. The second kappa shape index (κ2) is 4.04. The molecule has 0 saturated heterocycles. The quantitative estimate of drug-likeness (QED) is 0.799. The number of carbonyl (C=O) groups excluding carboxylic acids is 1. The van der Waals surface area contributed by atoms with Crippen molar-refractivity contribution in [1.82, 2.24) is 10.3 Å². The Morgan fingerprint density at radius 2 is 2.50 bits per heavy atom. The van der Waals surface area contributed by atoms with Crippen molar-refractivity contribution in [2.75, 3.05) is 19.0 Å². The molecule has 6 heteroatoms. The molecule has 0 bridgehead atoms. The minimum absolute atomic E-state index is 0.152. The zero-order chi connectivity index (χ0) is 9.14. The lowest BCUT2D eigenvalue weighted by Crippen LogP contribution is -2.34. The summed E-state index contributed by atoms with van der Waals surface area (Å²) in [4.78, 5) is 16.6. The van der Waals surface area contributed by atoms with Gasteiger partial charge in [0.2, 0.25) is 0 Å². The van der Waals surface area contributed by atoms with E-state index in [4.69, 9.17) is 0 Å². The summed E-state index contributed by atoms with van der Waals surface area (Å²) in [5.41, 5.74) is 0. The predicted molar refractivity (Wildman–Crippen MR) is 57.7 cm³/mol. The molecule has 0 fully saturated rings. The number of carbonyl (C=O) groups is 1. The smallest absolute Gasteiger partial charge is 0.323 e. The van der Waals surface area contributed by atoms with E-state index in [1.807, 2.05) is 0 Å². The number of amides is 2. The van der Waals surface area contributed by atoms with Gasteiger partial charge in [-0.3, -0.25) is 4.90 Å². The van der Waals surface area contributed by atoms with Gasteiger partial charge in [0.05, 0.1) is 9.08 Å². The third-order valence-corrected chi connectivity index (χ3v) is 3.07.